The van der Waals surface area contributed by atoms with Crippen LogP contribution in [0.25, 0.3) is 21.6 Å². The van der Waals surface area contributed by atoms with Crippen molar-refractivity contribution in [3.05, 3.63) is 58.6 Å². The van der Waals surface area contributed by atoms with Crippen LogP contribution in [-0.2, 0) is 4.79 Å². The van der Waals surface area contributed by atoms with E-state index in [4.69, 9.17) is 17.4 Å². The maximum atomic E-state index is 12.7. The summed E-state index contributed by atoms with van der Waals surface area (Å²) in [5, 5.41) is 10.3. The Balaban J connectivity index is 1.42. The Bertz CT molecular complexity index is 1160. The van der Waals surface area contributed by atoms with Gasteiger partial charge in [-0.3, -0.25) is 4.79 Å². The van der Waals surface area contributed by atoms with Crippen LogP contribution < -0.4 is 5.84 Å². The predicted octanol–water partition coefficient (Wildman–Crippen LogP) is 4.23. The second-order valence-corrected chi connectivity index (χ2v) is 9.11. The number of aromatic nitrogens is 4. The van der Waals surface area contributed by atoms with E-state index in [1.807, 2.05) is 43.3 Å². The molecule has 1 amide bonds. The van der Waals surface area contributed by atoms with Crippen molar-refractivity contribution in [2.75, 3.05) is 18.6 Å². The predicted molar refractivity (Wildman–Crippen MR) is 122 cm³/mol. The minimum absolute atomic E-state index is 0.0391. The first kappa shape index (κ1) is 20.6. The zero-order chi connectivity index (χ0) is 21.3. The molecule has 2 aromatic heterocycles. The Hall–Kier alpha value is -2.62. The zero-order valence-electron chi connectivity index (χ0n) is 16.3. The van der Waals surface area contributed by atoms with Gasteiger partial charge in [-0.15, -0.1) is 21.5 Å². The number of benzene rings is 2. The SMILES string of the molecule is C[C@@H](c1nc2ccccc2s1)N(C)C(=O)CSc1nnc(-c2ccc(Cl)cc2)n1N. The zero-order valence-corrected chi connectivity index (χ0v) is 18.7. The number of nitrogens with zero attached hydrogens (tertiary/aromatic N) is 5. The summed E-state index contributed by atoms with van der Waals surface area (Å²) in [4.78, 5) is 19.1. The van der Waals surface area contributed by atoms with Crippen LogP contribution in [-0.4, -0.2) is 43.5 Å². The number of carbonyl (C=O) groups is 1. The number of thioether (sulfide) groups is 1. The Morgan fingerprint density at radius 3 is 2.70 bits per heavy atom. The molecule has 2 N–H and O–H groups in total. The topological polar surface area (TPSA) is 89.9 Å². The molecule has 10 heteroatoms. The van der Waals surface area contributed by atoms with E-state index in [2.05, 4.69) is 15.2 Å². The van der Waals surface area contributed by atoms with Crippen molar-refractivity contribution >= 4 is 50.8 Å². The van der Waals surface area contributed by atoms with E-state index >= 15 is 0 Å². The highest BCUT2D eigenvalue weighted by Gasteiger charge is 2.22. The van der Waals surface area contributed by atoms with Crippen molar-refractivity contribution in [2.45, 2.75) is 18.1 Å². The summed E-state index contributed by atoms with van der Waals surface area (Å²) in [6, 6.07) is 15.0. The Morgan fingerprint density at radius 1 is 1.23 bits per heavy atom. The van der Waals surface area contributed by atoms with Crippen LogP contribution in [0.4, 0.5) is 0 Å². The molecule has 0 bridgehead atoms. The fourth-order valence-corrected chi connectivity index (χ4v) is 4.82. The van der Waals surface area contributed by atoms with E-state index in [1.165, 1.54) is 16.4 Å². The first-order valence-electron chi connectivity index (χ1n) is 9.14. The average molecular weight is 459 g/mol. The van der Waals surface area contributed by atoms with Crippen LogP contribution in [0, 0.1) is 0 Å². The Kier molecular flexibility index (Phi) is 5.94. The fourth-order valence-electron chi connectivity index (χ4n) is 2.85. The highest BCUT2D eigenvalue weighted by Crippen LogP contribution is 2.29. The van der Waals surface area contributed by atoms with Crippen LogP contribution in [0.15, 0.2) is 53.7 Å². The van der Waals surface area contributed by atoms with Crippen molar-refractivity contribution in [3.63, 3.8) is 0 Å². The molecule has 7 nitrogen and oxygen atoms in total. The molecule has 0 fully saturated rings. The lowest BCUT2D eigenvalue weighted by Gasteiger charge is -2.23. The molecule has 0 aliphatic heterocycles. The summed E-state index contributed by atoms with van der Waals surface area (Å²) >= 11 is 8.78. The lowest BCUT2D eigenvalue weighted by molar-refractivity contribution is -0.128. The van der Waals surface area contributed by atoms with Gasteiger partial charge in [-0.05, 0) is 43.3 Å². The van der Waals surface area contributed by atoms with Gasteiger partial charge in [0.05, 0.1) is 22.0 Å². The number of hydrogen-bond acceptors (Lipinski definition) is 7. The molecular formula is C20H19ClN6OS2. The number of nitrogens with two attached hydrogens (primary N) is 1. The molecule has 0 saturated carbocycles. The van der Waals surface area contributed by atoms with E-state index < -0.39 is 0 Å². The average Bonchev–Trinajstić information content (AvgIpc) is 3.35. The molecule has 30 heavy (non-hydrogen) atoms. The summed E-state index contributed by atoms with van der Waals surface area (Å²) in [5.41, 5.74) is 1.75. The van der Waals surface area contributed by atoms with Gasteiger partial charge in [0.2, 0.25) is 11.1 Å². The monoisotopic (exact) mass is 458 g/mol. The molecule has 2 aromatic carbocycles. The van der Waals surface area contributed by atoms with Crippen LogP contribution in [0.1, 0.15) is 18.0 Å². The number of rotatable bonds is 6. The molecule has 4 rings (SSSR count). The first-order chi connectivity index (χ1) is 14.4. The minimum atomic E-state index is -0.129. The van der Waals surface area contributed by atoms with Gasteiger partial charge in [0.25, 0.3) is 0 Å². The van der Waals surface area contributed by atoms with Gasteiger partial charge >= 0.3 is 0 Å². The number of nitrogen functional groups attached to an aromatic ring is 1. The summed E-state index contributed by atoms with van der Waals surface area (Å²) in [5.74, 6) is 6.80. The molecule has 0 aliphatic carbocycles. The van der Waals surface area contributed by atoms with Gasteiger partial charge in [-0.2, -0.15) is 0 Å². The van der Waals surface area contributed by atoms with E-state index in [-0.39, 0.29) is 17.7 Å². The second kappa shape index (κ2) is 8.63. The van der Waals surface area contributed by atoms with Crippen molar-refractivity contribution in [1.29, 1.82) is 0 Å². The summed E-state index contributed by atoms with van der Waals surface area (Å²) in [7, 11) is 1.78. The van der Waals surface area contributed by atoms with Gasteiger partial charge in [0.1, 0.15) is 5.01 Å². The molecule has 4 aromatic rings. The number of fused-ring (bicyclic) bond motifs is 1. The largest absolute Gasteiger partial charge is 0.336 e. The maximum absolute atomic E-state index is 12.7. The first-order valence-corrected chi connectivity index (χ1v) is 11.3. The van der Waals surface area contributed by atoms with Gasteiger partial charge in [-0.25, -0.2) is 9.66 Å². The van der Waals surface area contributed by atoms with E-state index in [0.29, 0.717) is 16.0 Å². The van der Waals surface area contributed by atoms with Crippen molar-refractivity contribution in [1.82, 2.24) is 24.8 Å². The molecule has 1 atom stereocenters. The second-order valence-electron chi connectivity index (χ2n) is 6.67. The lowest BCUT2D eigenvalue weighted by atomic mass is 10.2. The van der Waals surface area contributed by atoms with Gasteiger partial charge in [0, 0.05) is 17.6 Å². The van der Waals surface area contributed by atoms with Crippen LogP contribution in [0.2, 0.25) is 5.02 Å². The molecule has 154 valence electrons. The number of halogens is 1. The summed E-state index contributed by atoms with van der Waals surface area (Å²) in [6.07, 6.45) is 0. The third kappa shape index (κ3) is 4.14. The normalized spacial score (nSPS) is 12.2. The Morgan fingerprint density at radius 2 is 1.97 bits per heavy atom. The number of amides is 1. The van der Waals surface area contributed by atoms with Crippen molar-refractivity contribution in [2.24, 2.45) is 0 Å². The van der Waals surface area contributed by atoms with E-state index in [1.54, 1.807) is 35.4 Å². The standard InChI is InChI=1S/C20H19ClN6OS2/c1-12(19-23-15-5-3-4-6-16(15)30-19)26(2)17(28)11-29-20-25-24-18(27(20)22)13-7-9-14(21)10-8-13/h3-10,12H,11,22H2,1-2H3/t12-/m0/s1. The minimum Gasteiger partial charge on any atom is -0.336 e. The fraction of sp³-hybridized carbons (Fsp3) is 0.200. The number of hydrogen-bond donors (Lipinski definition) is 1. The Labute approximate surface area is 186 Å². The number of carbonyl (C=O) groups excluding carboxylic acids is 1. The van der Waals surface area contributed by atoms with Gasteiger partial charge in [-0.1, -0.05) is 35.5 Å². The van der Waals surface area contributed by atoms with E-state index in [9.17, 15) is 4.79 Å². The highest BCUT2D eigenvalue weighted by atomic mass is 35.5. The van der Waals surface area contributed by atoms with Gasteiger partial charge < -0.3 is 10.7 Å². The highest BCUT2D eigenvalue weighted by molar-refractivity contribution is 7.99. The number of para-hydroxylation sites is 1. The number of thiazole rings is 1. The van der Waals surface area contributed by atoms with Crippen LogP contribution in [0.3, 0.4) is 0 Å². The molecule has 0 saturated heterocycles. The molecule has 0 spiro atoms. The summed E-state index contributed by atoms with van der Waals surface area (Å²) < 4.78 is 2.50. The van der Waals surface area contributed by atoms with Crippen LogP contribution in [0.5, 0.6) is 0 Å². The van der Waals surface area contributed by atoms with Crippen molar-refractivity contribution < 1.29 is 4.79 Å². The lowest BCUT2D eigenvalue weighted by Crippen LogP contribution is -2.31. The quantitative estimate of drug-likeness (QED) is 0.343. The third-order valence-electron chi connectivity index (χ3n) is 4.73. The molecular weight excluding hydrogens is 440 g/mol. The van der Waals surface area contributed by atoms with Gasteiger partial charge in [0.15, 0.2) is 5.82 Å². The van der Waals surface area contributed by atoms with Crippen molar-refractivity contribution in [3.8, 4) is 11.4 Å². The maximum Gasteiger partial charge on any atom is 0.233 e. The smallest absolute Gasteiger partial charge is 0.233 e. The molecule has 0 aliphatic rings. The van der Waals surface area contributed by atoms with E-state index in [0.717, 1.165) is 20.8 Å². The molecule has 0 radical (unpaired) electrons. The van der Waals surface area contributed by atoms with Crippen LogP contribution >= 0.6 is 34.7 Å². The third-order valence-corrected chi connectivity index (χ3v) is 7.12. The molecule has 0 unspecified atom stereocenters. The molecule has 2 heterocycles. The summed E-state index contributed by atoms with van der Waals surface area (Å²) in [6.45, 7) is 1.98.